The average Bonchev–Trinajstić information content (AvgIpc) is 3.30. The summed E-state index contributed by atoms with van der Waals surface area (Å²) in [5.41, 5.74) is 1.42. The van der Waals surface area contributed by atoms with Gasteiger partial charge in [-0.2, -0.15) is 0 Å². The van der Waals surface area contributed by atoms with E-state index < -0.39 is 22.8 Å². The number of carbonyl (C=O) groups is 1. The molecule has 120 valence electrons. The average molecular weight is 314 g/mol. The molecule has 0 unspecified atom stereocenters. The van der Waals surface area contributed by atoms with E-state index in [4.69, 9.17) is 5.11 Å². The van der Waals surface area contributed by atoms with E-state index in [2.05, 4.69) is 4.98 Å². The lowest BCUT2D eigenvalue weighted by atomic mass is 9.98. The first-order chi connectivity index (χ1) is 10.9. The van der Waals surface area contributed by atoms with Gasteiger partial charge < -0.3 is 20.1 Å². The number of aromatic amines is 1. The Hall–Kier alpha value is -2.76. The molecule has 1 aromatic carbocycles. The van der Waals surface area contributed by atoms with Crippen LogP contribution in [0.1, 0.15) is 34.7 Å². The zero-order valence-electron chi connectivity index (χ0n) is 13.0. The molecule has 6 heteroatoms. The highest BCUT2D eigenvalue weighted by molar-refractivity contribution is 5.92. The van der Waals surface area contributed by atoms with Crippen molar-refractivity contribution in [2.75, 3.05) is 19.0 Å². The van der Waals surface area contributed by atoms with Crippen molar-refractivity contribution in [3.05, 3.63) is 45.7 Å². The largest absolute Gasteiger partial charge is 0.506 e. The molecule has 0 saturated heterocycles. The number of carboxylic acid groups (broad SMARTS) is 1. The molecule has 0 spiro atoms. The molecule has 23 heavy (non-hydrogen) atoms. The highest BCUT2D eigenvalue weighted by Gasteiger charge is 2.33. The first-order valence-corrected chi connectivity index (χ1v) is 7.40. The number of benzene rings is 1. The number of anilines is 1. The predicted molar refractivity (Wildman–Crippen MR) is 87.4 cm³/mol. The Balaban J connectivity index is 2.19. The minimum absolute atomic E-state index is 0.0912. The van der Waals surface area contributed by atoms with Crippen LogP contribution in [-0.2, 0) is 0 Å². The zero-order valence-corrected chi connectivity index (χ0v) is 13.0. The molecule has 0 radical (unpaired) electrons. The summed E-state index contributed by atoms with van der Waals surface area (Å²) < 4.78 is 0. The fourth-order valence-corrected chi connectivity index (χ4v) is 2.73. The van der Waals surface area contributed by atoms with Crippen LogP contribution in [0.5, 0.6) is 5.75 Å². The molecule has 1 aromatic heterocycles. The number of hydrogen-bond acceptors (Lipinski definition) is 4. The Morgan fingerprint density at radius 2 is 1.83 bits per heavy atom. The lowest BCUT2D eigenvalue weighted by molar-refractivity contribution is 0.0691. The number of aromatic hydroxyl groups is 1. The smallest absolute Gasteiger partial charge is 0.345 e. The third kappa shape index (κ3) is 2.67. The minimum atomic E-state index is -1.42. The van der Waals surface area contributed by atoms with Crippen LogP contribution in [0.15, 0.2) is 29.1 Å². The van der Waals surface area contributed by atoms with Crippen molar-refractivity contribution in [2.24, 2.45) is 0 Å². The maximum absolute atomic E-state index is 12.0. The molecule has 0 aliphatic heterocycles. The molecule has 6 nitrogen and oxygen atoms in total. The zero-order chi connectivity index (χ0) is 16.7. The fourth-order valence-electron chi connectivity index (χ4n) is 2.73. The van der Waals surface area contributed by atoms with Gasteiger partial charge in [0.2, 0.25) is 0 Å². The van der Waals surface area contributed by atoms with Crippen LogP contribution in [-0.4, -0.2) is 35.3 Å². The maximum Gasteiger partial charge on any atom is 0.345 e. The van der Waals surface area contributed by atoms with Gasteiger partial charge in [-0.3, -0.25) is 4.79 Å². The molecule has 1 fully saturated rings. The van der Waals surface area contributed by atoms with Gasteiger partial charge in [0.15, 0.2) is 5.56 Å². The predicted octanol–water partition coefficient (Wildman–Crippen LogP) is 2.39. The van der Waals surface area contributed by atoms with Crippen molar-refractivity contribution >= 4 is 11.7 Å². The van der Waals surface area contributed by atoms with Gasteiger partial charge in [-0.1, -0.05) is 12.1 Å². The van der Waals surface area contributed by atoms with Crippen LogP contribution >= 0.6 is 0 Å². The van der Waals surface area contributed by atoms with Crippen LogP contribution in [0, 0.1) is 0 Å². The van der Waals surface area contributed by atoms with E-state index in [1.807, 2.05) is 43.3 Å². The number of aromatic nitrogens is 1. The number of nitrogens with zero attached hydrogens (tertiary/aromatic N) is 1. The standard InChI is InChI=1S/C17H18N2O4/c1-19(2)11-7-5-10(6-8-11)14-12(9-3-4-9)15(20)13(17(22)23)16(21)18-14/h5-9H,3-4H2,1-2H3,(H,22,23)(H2,18,20,21). The fraction of sp³-hybridized carbons (Fsp3) is 0.294. The topological polar surface area (TPSA) is 93.6 Å². The first-order valence-electron chi connectivity index (χ1n) is 7.40. The summed E-state index contributed by atoms with van der Waals surface area (Å²) in [6.45, 7) is 0. The summed E-state index contributed by atoms with van der Waals surface area (Å²) >= 11 is 0. The summed E-state index contributed by atoms with van der Waals surface area (Å²) in [6.07, 6.45) is 1.75. The molecular weight excluding hydrogens is 296 g/mol. The van der Waals surface area contributed by atoms with Crippen molar-refractivity contribution in [2.45, 2.75) is 18.8 Å². The lowest BCUT2D eigenvalue weighted by Crippen LogP contribution is -2.20. The van der Waals surface area contributed by atoms with E-state index >= 15 is 0 Å². The molecule has 0 atom stereocenters. The Labute approximate surface area is 133 Å². The highest BCUT2D eigenvalue weighted by Crippen LogP contribution is 2.48. The van der Waals surface area contributed by atoms with E-state index in [1.54, 1.807) is 0 Å². The van der Waals surface area contributed by atoms with Crippen molar-refractivity contribution in [1.29, 1.82) is 0 Å². The molecule has 2 aromatic rings. The minimum Gasteiger partial charge on any atom is -0.506 e. The molecule has 3 N–H and O–H groups in total. The number of rotatable bonds is 4. The second-order valence-corrected chi connectivity index (χ2v) is 5.99. The highest BCUT2D eigenvalue weighted by atomic mass is 16.4. The quantitative estimate of drug-likeness (QED) is 0.805. The normalized spacial score (nSPS) is 13.8. The lowest BCUT2D eigenvalue weighted by Gasteiger charge is -2.15. The molecule has 1 aliphatic carbocycles. The number of hydrogen-bond donors (Lipinski definition) is 3. The van der Waals surface area contributed by atoms with E-state index in [0.29, 0.717) is 11.3 Å². The Kier molecular flexibility index (Phi) is 3.60. The van der Waals surface area contributed by atoms with Gasteiger partial charge >= 0.3 is 5.97 Å². The van der Waals surface area contributed by atoms with E-state index in [9.17, 15) is 14.7 Å². The maximum atomic E-state index is 12.0. The number of nitrogens with one attached hydrogen (secondary N) is 1. The second kappa shape index (κ2) is 5.46. The monoisotopic (exact) mass is 314 g/mol. The van der Waals surface area contributed by atoms with Gasteiger partial charge in [-0.05, 0) is 36.5 Å². The number of H-pyrrole nitrogens is 1. The third-order valence-electron chi connectivity index (χ3n) is 4.10. The van der Waals surface area contributed by atoms with Gasteiger partial charge in [0.05, 0.1) is 5.69 Å². The Morgan fingerprint density at radius 1 is 1.22 bits per heavy atom. The van der Waals surface area contributed by atoms with E-state index in [1.165, 1.54) is 0 Å². The van der Waals surface area contributed by atoms with Gasteiger partial charge in [-0.15, -0.1) is 0 Å². The van der Waals surface area contributed by atoms with Crippen LogP contribution in [0.25, 0.3) is 11.3 Å². The summed E-state index contributed by atoms with van der Waals surface area (Å²) in [5.74, 6) is -1.73. The SMILES string of the molecule is CN(C)c1ccc(-c2[nH]c(=O)c(C(=O)O)c(O)c2C2CC2)cc1. The molecule has 1 heterocycles. The molecular formula is C17H18N2O4. The van der Waals surface area contributed by atoms with Crippen LogP contribution < -0.4 is 10.5 Å². The Morgan fingerprint density at radius 3 is 2.30 bits per heavy atom. The second-order valence-electron chi connectivity index (χ2n) is 5.99. The van der Waals surface area contributed by atoms with Gasteiger partial charge in [0.1, 0.15) is 5.75 Å². The molecule has 0 amide bonds. The van der Waals surface area contributed by atoms with Crippen LogP contribution in [0.3, 0.4) is 0 Å². The van der Waals surface area contributed by atoms with E-state index in [0.717, 1.165) is 24.1 Å². The van der Waals surface area contributed by atoms with Crippen molar-refractivity contribution in [3.63, 3.8) is 0 Å². The molecule has 1 saturated carbocycles. The summed E-state index contributed by atoms with van der Waals surface area (Å²) in [6, 6.07) is 7.53. The third-order valence-corrected chi connectivity index (χ3v) is 4.10. The summed E-state index contributed by atoms with van der Waals surface area (Å²) in [4.78, 5) is 27.9. The van der Waals surface area contributed by atoms with Crippen molar-refractivity contribution in [3.8, 4) is 17.0 Å². The number of aromatic carboxylic acids is 1. The summed E-state index contributed by atoms with van der Waals surface area (Å²) in [7, 11) is 3.86. The van der Waals surface area contributed by atoms with E-state index in [-0.39, 0.29) is 5.92 Å². The molecule has 0 bridgehead atoms. The number of pyridine rings is 1. The van der Waals surface area contributed by atoms with Gasteiger partial charge in [0.25, 0.3) is 5.56 Å². The molecule has 3 rings (SSSR count). The molecule has 1 aliphatic rings. The first kappa shape index (κ1) is 15.1. The summed E-state index contributed by atoms with van der Waals surface area (Å²) in [5, 5.41) is 19.5. The van der Waals surface area contributed by atoms with Crippen molar-refractivity contribution in [1.82, 2.24) is 4.98 Å². The van der Waals surface area contributed by atoms with Gasteiger partial charge in [0, 0.05) is 25.3 Å². The number of carboxylic acids is 1. The Bertz CT molecular complexity index is 818. The van der Waals surface area contributed by atoms with Crippen LogP contribution in [0.4, 0.5) is 5.69 Å². The van der Waals surface area contributed by atoms with Crippen molar-refractivity contribution < 1.29 is 15.0 Å². The van der Waals surface area contributed by atoms with Gasteiger partial charge in [-0.25, -0.2) is 4.79 Å². The van der Waals surface area contributed by atoms with Crippen LogP contribution in [0.2, 0.25) is 0 Å².